The van der Waals surface area contributed by atoms with E-state index in [1.807, 2.05) is 56.4 Å². The van der Waals surface area contributed by atoms with Crippen LogP contribution in [0.5, 0.6) is 23.0 Å². The van der Waals surface area contributed by atoms with Crippen LogP contribution in [0.4, 0.5) is 0 Å². The molecule has 0 amide bonds. The second-order valence-corrected chi connectivity index (χ2v) is 7.49. The molecule has 1 unspecified atom stereocenters. The van der Waals surface area contributed by atoms with Crippen molar-refractivity contribution in [1.82, 2.24) is 14.7 Å². The number of fused-ring (bicyclic) bond motifs is 1. The summed E-state index contributed by atoms with van der Waals surface area (Å²) in [7, 11) is 3.62. The molecule has 1 aromatic heterocycles. The van der Waals surface area contributed by atoms with Crippen molar-refractivity contribution < 1.29 is 23.4 Å². The van der Waals surface area contributed by atoms with Crippen LogP contribution in [0.25, 0.3) is 0 Å². The predicted molar refractivity (Wildman–Crippen MR) is 116 cm³/mol. The van der Waals surface area contributed by atoms with Crippen LogP contribution in [0.3, 0.4) is 0 Å². The van der Waals surface area contributed by atoms with Crippen LogP contribution >= 0.6 is 12.2 Å². The van der Waals surface area contributed by atoms with Gasteiger partial charge in [-0.1, -0.05) is 18.2 Å². The van der Waals surface area contributed by atoms with Gasteiger partial charge in [-0.25, -0.2) is 4.68 Å². The number of para-hydroxylation sites is 2. The summed E-state index contributed by atoms with van der Waals surface area (Å²) in [5.74, 6) is 3.22. The first-order valence-electron chi connectivity index (χ1n) is 10.0. The minimum atomic E-state index is -0.446. The summed E-state index contributed by atoms with van der Waals surface area (Å²) >= 11 is 5.36. The van der Waals surface area contributed by atoms with Gasteiger partial charge in [-0.15, -0.1) is 5.10 Å². The minimum Gasteiger partial charge on any atom is -0.493 e. The van der Waals surface area contributed by atoms with E-state index in [0.29, 0.717) is 49.6 Å². The van der Waals surface area contributed by atoms with E-state index in [1.54, 1.807) is 11.8 Å². The summed E-state index contributed by atoms with van der Waals surface area (Å²) in [5, 5.41) is 4.51. The van der Waals surface area contributed by atoms with Crippen LogP contribution in [0, 0.1) is 4.84 Å². The summed E-state index contributed by atoms with van der Waals surface area (Å²) in [6.45, 7) is 3.98. The fraction of sp³-hybridized carbons (Fsp3) is 0.364. The molecule has 0 saturated carbocycles. The molecule has 3 aromatic rings. The van der Waals surface area contributed by atoms with Gasteiger partial charge in [0.1, 0.15) is 6.61 Å². The molecule has 9 heteroatoms. The summed E-state index contributed by atoms with van der Waals surface area (Å²) in [6.07, 6.45) is -0.446. The zero-order chi connectivity index (χ0) is 21.8. The Labute approximate surface area is 185 Å². The molecule has 31 heavy (non-hydrogen) atoms. The Kier molecular flexibility index (Phi) is 6.43. The van der Waals surface area contributed by atoms with E-state index in [0.717, 1.165) is 11.3 Å². The van der Waals surface area contributed by atoms with Gasteiger partial charge in [-0.3, -0.25) is 4.90 Å². The van der Waals surface area contributed by atoms with Crippen molar-refractivity contribution in [2.24, 2.45) is 0 Å². The first-order valence-corrected chi connectivity index (χ1v) is 10.4. The Morgan fingerprint density at radius 2 is 2.00 bits per heavy atom. The van der Waals surface area contributed by atoms with E-state index in [2.05, 4.69) is 10.00 Å². The number of ether oxygens (including phenoxy) is 4. The second-order valence-electron chi connectivity index (χ2n) is 7.14. The Bertz CT molecular complexity index is 1100. The molecule has 0 fully saturated rings. The highest BCUT2D eigenvalue weighted by molar-refractivity contribution is 7.71. The topological polar surface area (TPSA) is 71.1 Å². The molecule has 4 rings (SSSR count). The van der Waals surface area contributed by atoms with E-state index in [1.165, 1.54) is 0 Å². The first-order chi connectivity index (χ1) is 15.1. The van der Waals surface area contributed by atoms with Crippen molar-refractivity contribution in [3.05, 3.63) is 58.8 Å². The van der Waals surface area contributed by atoms with Gasteiger partial charge in [0, 0.05) is 6.54 Å². The Morgan fingerprint density at radius 3 is 2.77 bits per heavy atom. The van der Waals surface area contributed by atoms with Gasteiger partial charge in [0.05, 0.1) is 20.4 Å². The molecule has 0 bridgehead atoms. The van der Waals surface area contributed by atoms with Crippen molar-refractivity contribution in [1.29, 1.82) is 0 Å². The standard InChI is InChI=1S/C22H25N3O5S/c1-4-27-17-10-9-15(11-19(17)26-3)12-24(2)14-25-22(31)30-21(23-25)20-13-28-16-7-5-6-8-18(16)29-20/h5-11,20H,4,12-14H2,1-3H3. The molecule has 1 aliphatic rings. The largest absolute Gasteiger partial charge is 0.493 e. The highest BCUT2D eigenvalue weighted by Crippen LogP contribution is 2.35. The van der Waals surface area contributed by atoms with Gasteiger partial charge in [0.15, 0.2) is 23.0 Å². The molecule has 2 aromatic carbocycles. The quantitative estimate of drug-likeness (QED) is 0.480. The molecule has 1 atom stereocenters. The fourth-order valence-corrected chi connectivity index (χ4v) is 3.54. The lowest BCUT2D eigenvalue weighted by Crippen LogP contribution is -2.24. The molecular weight excluding hydrogens is 418 g/mol. The normalized spacial score (nSPS) is 15.2. The maximum atomic E-state index is 5.96. The maximum absolute atomic E-state index is 5.96. The molecule has 1 aliphatic heterocycles. The lowest BCUT2D eigenvalue weighted by Gasteiger charge is -2.23. The smallest absolute Gasteiger partial charge is 0.288 e. The molecule has 164 valence electrons. The van der Waals surface area contributed by atoms with Crippen LogP contribution in [0.15, 0.2) is 46.9 Å². The molecule has 0 saturated heterocycles. The van der Waals surface area contributed by atoms with E-state index < -0.39 is 6.10 Å². The van der Waals surface area contributed by atoms with Crippen LogP contribution in [0.1, 0.15) is 24.5 Å². The predicted octanol–water partition coefficient (Wildman–Crippen LogP) is 4.21. The average molecular weight is 444 g/mol. The number of methoxy groups -OCH3 is 1. The lowest BCUT2D eigenvalue weighted by molar-refractivity contribution is 0.0706. The average Bonchev–Trinajstić information content (AvgIpc) is 3.14. The van der Waals surface area contributed by atoms with Crippen LogP contribution in [-0.4, -0.2) is 42.1 Å². The summed E-state index contributed by atoms with van der Waals surface area (Å²) < 4.78 is 30.1. The summed E-state index contributed by atoms with van der Waals surface area (Å²) in [4.78, 5) is 2.36. The number of aromatic nitrogens is 2. The zero-order valence-corrected chi connectivity index (χ0v) is 18.6. The highest BCUT2D eigenvalue weighted by Gasteiger charge is 2.27. The first kappa shape index (κ1) is 21.2. The third-order valence-electron chi connectivity index (χ3n) is 4.76. The highest BCUT2D eigenvalue weighted by atomic mass is 32.1. The Morgan fingerprint density at radius 1 is 1.19 bits per heavy atom. The van der Waals surface area contributed by atoms with Crippen LogP contribution < -0.4 is 18.9 Å². The van der Waals surface area contributed by atoms with Gasteiger partial charge < -0.3 is 23.4 Å². The van der Waals surface area contributed by atoms with E-state index in [4.69, 9.17) is 35.6 Å². The van der Waals surface area contributed by atoms with Crippen LogP contribution in [0.2, 0.25) is 0 Å². The van der Waals surface area contributed by atoms with Crippen molar-refractivity contribution in [3.8, 4) is 23.0 Å². The van der Waals surface area contributed by atoms with Crippen molar-refractivity contribution >= 4 is 12.2 Å². The van der Waals surface area contributed by atoms with Gasteiger partial charge in [0.25, 0.3) is 10.7 Å². The lowest BCUT2D eigenvalue weighted by atomic mass is 10.2. The third-order valence-corrected chi connectivity index (χ3v) is 5.06. The Hall–Kier alpha value is -3.04. The molecule has 8 nitrogen and oxygen atoms in total. The third kappa shape index (κ3) is 4.83. The van der Waals surface area contributed by atoms with Crippen molar-refractivity contribution in [3.63, 3.8) is 0 Å². The van der Waals surface area contributed by atoms with Crippen molar-refractivity contribution in [2.45, 2.75) is 26.2 Å². The van der Waals surface area contributed by atoms with Gasteiger partial charge in [-0.05, 0) is 56.0 Å². The SMILES string of the molecule is CCOc1ccc(CN(C)Cn2nc(C3COc4ccccc4O3)oc2=S)cc1OC. The van der Waals surface area contributed by atoms with E-state index in [-0.39, 0.29) is 4.84 Å². The van der Waals surface area contributed by atoms with Gasteiger partial charge in [-0.2, -0.15) is 0 Å². The molecular formula is C22H25N3O5S. The number of hydrogen-bond acceptors (Lipinski definition) is 8. The molecule has 0 N–H and O–H groups in total. The number of hydrogen-bond donors (Lipinski definition) is 0. The monoisotopic (exact) mass is 443 g/mol. The minimum absolute atomic E-state index is 0.286. The zero-order valence-electron chi connectivity index (χ0n) is 17.7. The van der Waals surface area contributed by atoms with E-state index in [9.17, 15) is 0 Å². The van der Waals surface area contributed by atoms with Gasteiger partial charge >= 0.3 is 0 Å². The summed E-state index contributed by atoms with van der Waals surface area (Å²) in [6, 6.07) is 13.4. The summed E-state index contributed by atoms with van der Waals surface area (Å²) in [5.41, 5.74) is 1.08. The van der Waals surface area contributed by atoms with Crippen LogP contribution in [-0.2, 0) is 13.2 Å². The molecule has 0 aliphatic carbocycles. The Balaban J connectivity index is 1.42. The second kappa shape index (κ2) is 9.40. The van der Waals surface area contributed by atoms with Gasteiger partial charge in [0.2, 0.25) is 6.10 Å². The fourth-order valence-electron chi connectivity index (χ4n) is 3.36. The number of benzene rings is 2. The van der Waals surface area contributed by atoms with Crippen molar-refractivity contribution in [2.75, 3.05) is 27.4 Å². The van der Waals surface area contributed by atoms with E-state index >= 15 is 0 Å². The maximum Gasteiger partial charge on any atom is 0.288 e. The molecule has 0 spiro atoms. The molecule has 2 heterocycles. The number of nitrogens with zero attached hydrogens (tertiary/aromatic N) is 3. The number of rotatable bonds is 8. The molecule has 0 radical (unpaired) electrons.